The number of nitrogens with zero attached hydrogens (tertiary/aromatic N) is 3. The van der Waals surface area contributed by atoms with Crippen LogP contribution < -0.4 is 10.6 Å². The first kappa shape index (κ1) is 24.2. The molecule has 0 atom stereocenters. The number of alkyl halides is 3. The van der Waals surface area contributed by atoms with Crippen molar-refractivity contribution < 1.29 is 22.7 Å². The van der Waals surface area contributed by atoms with E-state index in [-0.39, 0.29) is 11.6 Å². The zero-order valence-corrected chi connectivity index (χ0v) is 18.8. The number of pyridine rings is 2. The molecule has 1 amide bonds. The summed E-state index contributed by atoms with van der Waals surface area (Å²) in [6.07, 6.45) is 0.450. The first-order chi connectivity index (χ1) is 16.7. The fourth-order valence-electron chi connectivity index (χ4n) is 3.78. The minimum Gasteiger partial charge on any atom is -0.381 e. The van der Waals surface area contributed by atoms with E-state index in [1.807, 2.05) is 6.92 Å². The molecular formula is C25H22F3N5O2. The number of anilines is 2. The lowest BCUT2D eigenvalue weighted by Crippen LogP contribution is -2.28. The van der Waals surface area contributed by atoms with Crippen molar-refractivity contribution in [3.8, 4) is 17.2 Å². The molecule has 1 fully saturated rings. The molecule has 180 valence electrons. The van der Waals surface area contributed by atoms with Gasteiger partial charge in [-0.1, -0.05) is 6.07 Å². The third-order valence-corrected chi connectivity index (χ3v) is 5.70. The Balaban J connectivity index is 1.56. The topological polar surface area (TPSA) is 99.9 Å². The van der Waals surface area contributed by atoms with Crippen molar-refractivity contribution in [1.82, 2.24) is 9.97 Å². The molecule has 0 unspecified atom stereocenters. The van der Waals surface area contributed by atoms with Gasteiger partial charge in [-0.2, -0.15) is 18.4 Å². The average molecular weight is 481 g/mol. The van der Waals surface area contributed by atoms with E-state index < -0.39 is 17.6 Å². The standard InChI is InChI=1S/C25H22F3N5O2/c1-15-2-3-21(33-24(34)18-9-19(14-30-12-18)25(26,27)28)10-22(15)17-8-16(11-29)23(31-13-17)32-20-4-6-35-7-5-20/h2-3,8-10,12-14,20H,4-7H2,1H3,(H,31,32)(H,33,34). The summed E-state index contributed by atoms with van der Waals surface area (Å²) in [6.45, 7) is 3.19. The predicted molar refractivity (Wildman–Crippen MR) is 124 cm³/mol. The summed E-state index contributed by atoms with van der Waals surface area (Å²) >= 11 is 0. The second kappa shape index (κ2) is 10.1. The van der Waals surface area contributed by atoms with Gasteiger partial charge < -0.3 is 15.4 Å². The first-order valence-corrected chi connectivity index (χ1v) is 10.9. The normalized spacial score (nSPS) is 14.3. The molecule has 0 aliphatic carbocycles. The molecule has 0 saturated carbocycles. The molecule has 1 saturated heterocycles. The van der Waals surface area contributed by atoms with Gasteiger partial charge in [-0.25, -0.2) is 4.98 Å². The highest BCUT2D eigenvalue weighted by Crippen LogP contribution is 2.31. The monoisotopic (exact) mass is 481 g/mol. The van der Waals surface area contributed by atoms with Gasteiger partial charge in [0.15, 0.2) is 0 Å². The Labute approximate surface area is 200 Å². The molecule has 35 heavy (non-hydrogen) atoms. The van der Waals surface area contributed by atoms with Crippen LogP contribution in [-0.2, 0) is 10.9 Å². The van der Waals surface area contributed by atoms with Crippen LogP contribution in [0.1, 0.15) is 39.9 Å². The Hall–Kier alpha value is -3.97. The summed E-state index contributed by atoms with van der Waals surface area (Å²) in [5.74, 6) is -0.215. The number of aromatic nitrogens is 2. The number of aryl methyl sites for hydroxylation is 1. The van der Waals surface area contributed by atoms with Gasteiger partial charge in [0.2, 0.25) is 0 Å². The highest BCUT2D eigenvalue weighted by Gasteiger charge is 2.31. The van der Waals surface area contributed by atoms with Crippen LogP contribution in [-0.4, -0.2) is 35.1 Å². The number of hydrogen-bond acceptors (Lipinski definition) is 6. The predicted octanol–water partition coefficient (Wildman–Crippen LogP) is 5.19. The summed E-state index contributed by atoms with van der Waals surface area (Å²) in [5, 5.41) is 15.6. The lowest BCUT2D eigenvalue weighted by molar-refractivity contribution is -0.137. The number of benzene rings is 1. The Morgan fingerprint density at radius 1 is 1.14 bits per heavy atom. The maximum Gasteiger partial charge on any atom is 0.417 e. The number of ether oxygens (including phenoxy) is 1. The minimum atomic E-state index is -4.60. The molecule has 4 rings (SSSR count). The SMILES string of the molecule is Cc1ccc(NC(=O)c2cncc(C(F)(F)F)c2)cc1-c1cnc(NC2CCOCC2)c(C#N)c1. The Bertz CT molecular complexity index is 1280. The van der Waals surface area contributed by atoms with Gasteiger partial charge in [0, 0.05) is 49.1 Å². The fourth-order valence-corrected chi connectivity index (χ4v) is 3.78. The molecule has 1 aliphatic heterocycles. The van der Waals surface area contributed by atoms with E-state index in [2.05, 4.69) is 26.7 Å². The largest absolute Gasteiger partial charge is 0.417 e. The van der Waals surface area contributed by atoms with E-state index in [4.69, 9.17) is 4.74 Å². The van der Waals surface area contributed by atoms with Crippen molar-refractivity contribution in [1.29, 1.82) is 5.26 Å². The zero-order chi connectivity index (χ0) is 25.0. The lowest BCUT2D eigenvalue weighted by Gasteiger charge is -2.24. The maximum atomic E-state index is 13.0. The zero-order valence-electron chi connectivity index (χ0n) is 18.8. The molecule has 2 aromatic heterocycles. The van der Waals surface area contributed by atoms with Gasteiger partial charge in [-0.3, -0.25) is 9.78 Å². The smallest absolute Gasteiger partial charge is 0.381 e. The Morgan fingerprint density at radius 2 is 1.91 bits per heavy atom. The number of rotatable bonds is 5. The van der Waals surface area contributed by atoms with E-state index in [0.29, 0.717) is 42.0 Å². The molecule has 1 aliphatic rings. The summed E-state index contributed by atoms with van der Waals surface area (Å²) in [5.41, 5.74) is 1.84. The van der Waals surface area contributed by atoms with E-state index >= 15 is 0 Å². The van der Waals surface area contributed by atoms with Crippen LogP contribution >= 0.6 is 0 Å². The summed E-state index contributed by atoms with van der Waals surface area (Å²) in [7, 11) is 0. The summed E-state index contributed by atoms with van der Waals surface area (Å²) in [6, 6.07) is 9.95. The molecule has 1 aromatic carbocycles. The number of nitriles is 1. The number of amides is 1. The number of carbonyl (C=O) groups excluding carboxylic acids is 1. The van der Waals surface area contributed by atoms with E-state index in [0.717, 1.165) is 36.2 Å². The molecule has 2 N–H and O–H groups in total. The van der Waals surface area contributed by atoms with Gasteiger partial charge in [-0.05, 0) is 55.2 Å². The van der Waals surface area contributed by atoms with Crippen LogP contribution in [0.3, 0.4) is 0 Å². The van der Waals surface area contributed by atoms with Crippen molar-refractivity contribution in [2.24, 2.45) is 0 Å². The van der Waals surface area contributed by atoms with Crippen molar-refractivity contribution in [2.75, 3.05) is 23.8 Å². The molecule has 0 spiro atoms. The highest BCUT2D eigenvalue weighted by atomic mass is 19.4. The van der Waals surface area contributed by atoms with Gasteiger partial charge in [0.05, 0.1) is 16.7 Å². The van der Waals surface area contributed by atoms with Crippen LogP contribution in [0.2, 0.25) is 0 Å². The molecule has 10 heteroatoms. The van der Waals surface area contributed by atoms with E-state index in [1.165, 1.54) is 0 Å². The van der Waals surface area contributed by atoms with Crippen LogP contribution in [0.15, 0.2) is 48.9 Å². The van der Waals surface area contributed by atoms with Crippen molar-refractivity contribution in [3.63, 3.8) is 0 Å². The Kier molecular flexibility index (Phi) is 6.98. The van der Waals surface area contributed by atoms with Gasteiger partial charge in [0.25, 0.3) is 5.91 Å². The fraction of sp³-hybridized carbons (Fsp3) is 0.280. The van der Waals surface area contributed by atoms with Crippen molar-refractivity contribution in [3.05, 3.63) is 71.2 Å². The molecule has 3 aromatic rings. The molecule has 0 bridgehead atoms. The molecule has 3 heterocycles. The van der Waals surface area contributed by atoms with Crippen LogP contribution in [0.4, 0.5) is 24.7 Å². The number of hydrogen-bond donors (Lipinski definition) is 2. The second-order valence-corrected chi connectivity index (χ2v) is 8.21. The Morgan fingerprint density at radius 3 is 2.63 bits per heavy atom. The third kappa shape index (κ3) is 5.75. The molecule has 7 nitrogen and oxygen atoms in total. The molecular weight excluding hydrogens is 459 g/mol. The average Bonchev–Trinajstić information content (AvgIpc) is 2.85. The summed E-state index contributed by atoms with van der Waals surface area (Å²) in [4.78, 5) is 20.6. The third-order valence-electron chi connectivity index (χ3n) is 5.70. The van der Waals surface area contributed by atoms with E-state index in [9.17, 15) is 23.2 Å². The molecule has 0 radical (unpaired) electrons. The number of halogens is 3. The second-order valence-electron chi connectivity index (χ2n) is 8.21. The van der Waals surface area contributed by atoms with Crippen LogP contribution in [0, 0.1) is 18.3 Å². The van der Waals surface area contributed by atoms with Crippen LogP contribution in [0.25, 0.3) is 11.1 Å². The summed E-state index contributed by atoms with van der Waals surface area (Å²) < 4.78 is 44.2. The van der Waals surface area contributed by atoms with E-state index in [1.54, 1.807) is 30.5 Å². The lowest BCUT2D eigenvalue weighted by atomic mass is 9.99. The van der Waals surface area contributed by atoms with Gasteiger partial charge in [-0.15, -0.1) is 0 Å². The quantitative estimate of drug-likeness (QED) is 0.521. The number of carbonyl (C=O) groups is 1. The van der Waals surface area contributed by atoms with Gasteiger partial charge >= 0.3 is 6.18 Å². The minimum absolute atomic E-state index is 0.180. The highest BCUT2D eigenvalue weighted by molar-refractivity contribution is 6.04. The first-order valence-electron chi connectivity index (χ1n) is 10.9. The van der Waals surface area contributed by atoms with Crippen molar-refractivity contribution >= 4 is 17.4 Å². The van der Waals surface area contributed by atoms with Crippen LogP contribution in [0.5, 0.6) is 0 Å². The maximum absolute atomic E-state index is 13.0. The van der Waals surface area contributed by atoms with Crippen molar-refractivity contribution in [2.45, 2.75) is 32.0 Å². The number of nitrogens with one attached hydrogen (secondary N) is 2. The van der Waals surface area contributed by atoms with Gasteiger partial charge in [0.1, 0.15) is 11.9 Å².